The topological polar surface area (TPSA) is 81.7 Å². The zero-order chi connectivity index (χ0) is 24.0. The van der Waals surface area contributed by atoms with E-state index < -0.39 is 0 Å². The fourth-order valence-electron chi connectivity index (χ4n) is 3.53. The van der Waals surface area contributed by atoms with Gasteiger partial charge in [-0.1, -0.05) is 63.8 Å². The summed E-state index contributed by atoms with van der Waals surface area (Å²) < 4.78 is 0. The summed E-state index contributed by atoms with van der Waals surface area (Å²) in [7, 11) is 0. The average molecular weight is 452 g/mol. The molecule has 2 amide bonds. The number of amides is 2. The molecule has 0 bridgehead atoms. The summed E-state index contributed by atoms with van der Waals surface area (Å²) >= 11 is 0. The molecule has 0 heterocycles. The second-order valence-corrected chi connectivity index (χ2v) is 8.61. The maximum atomic E-state index is 12.1. The van der Waals surface area contributed by atoms with E-state index in [1.54, 1.807) is 0 Å². The summed E-state index contributed by atoms with van der Waals surface area (Å²) in [4.78, 5) is 26.3. The number of carbonyl (C=O) groups is 2. The molecule has 2 atom stereocenters. The molecule has 0 aromatic rings. The highest BCUT2D eigenvalue weighted by Gasteiger charge is 2.20. The van der Waals surface area contributed by atoms with Crippen molar-refractivity contribution in [1.29, 1.82) is 0 Å². The second-order valence-electron chi connectivity index (χ2n) is 8.61. The van der Waals surface area contributed by atoms with Gasteiger partial charge in [0, 0.05) is 44.6 Å². The van der Waals surface area contributed by atoms with Gasteiger partial charge in [-0.05, 0) is 39.5 Å². The Morgan fingerprint density at radius 2 is 1.22 bits per heavy atom. The van der Waals surface area contributed by atoms with Crippen LogP contribution in [-0.2, 0) is 9.59 Å². The lowest BCUT2D eigenvalue weighted by Gasteiger charge is -2.34. The van der Waals surface area contributed by atoms with Crippen molar-refractivity contribution >= 4 is 11.8 Å². The fraction of sp³-hybridized carbons (Fsp3) is 0.769. The third-order valence-corrected chi connectivity index (χ3v) is 5.57. The van der Waals surface area contributed by atoms with Crippen LogP contribution in [0.2, 0.25) is 0 Å². The van der Waals surface area contributed by atoms with Crippen LogP contribution >= 0.6 is 0 Å². The van der Waals surface area contributed by atoms with Crippen molar-refractivity contribution < 1.29 is 14.7 Å². The van der Waals surface area contributed by atoms with Crippen molar-refractivity contribution in [2.75, 3.05) is 26.2 Å². The van der Waals surface area contributed by atoms with E-state index in [1.807, 2.05) is 26.0 Å². The van der Waals surface area contributed by atoms with Crippen molar-refractivity contribution in [2.45, 2.75) is 104 Å². The zero-order valence-electron chi connectivity index (χ0n) is 21.1. The van der Waals surface area contributed by atoms with Crippen LogP contribution in [0.15, 0.2) is 24.3 Å². The molecule has 6 nitrogen and oxygen atoms in total. The van der Waals surface area contributed by atoms with E-state index in [0.717, 1.165) is 12.8 Å². The number of allylic oxidation sites excluding steroid dienone is 2. The highest BCUT2D eigenvalue weighted by molar-refractivity contribution is 5.77. The Morgan fingerprint density at radius 3 is 1.59 bits per heavy atom. The minimum absolute atomic E-state index is 0.0132. The lowest BCUT2D eigenvalue weighted by Crippen LogP contribution is -2.51. The first-order valence-corrected chi connectivity index (χ1v) is 12.7. The minimum Gasteiger partial charge on any atom is -0.395 e. The predicted octanol–water partition coefficient (Wildman–Crippen LogP) is 4.34. The molecule has 6 heteroatoms. The molecule has 0 saturated heterocycles. The smallest absolute Gasteiger partial charge is 0.223 e. The van der Waals surface area contributed by atoms with Crippen LogP contribution in [0.4, 0.5) is 0 Å². The summed E-state index contributed by atoms with van der Waals surface area (Å²) in [6.45, 7) is 10.0. The van der Waals surface area contributed by atoms with Gasteiger partial charge in [0.05, 0.1) is 6.61 Å². The first-order valence-electron chi connectivity index (χ1n) is 12.7. The molecule has 0 aliphatic heterocycles. The number of unbranched alkanes of at least 4 members (excludes halogenated alkanes) is 6. The normalized spacial score (nSPS) is 13.7. The van der Waals surface area contributed by atoms with Gasteiger partial charge in [0.1, 0.15) is 0 Å². The molecular weight excluding hydrogens is 402 g/mol. The van der Waals surface area contributed by atoms with E-state index in [-0.39, 0.29) is 30.5 Å². The van der Waals surface area contributed by atoms with Gasteiger partial charge < -0.3 is 15.7 Å². The van der Waals surface area contributed by atoms with Crippen molar-refractivity contribution in [3.63, 3.8) is 0 Å². The van der Waals surface area contributed by atoms with Gasteiger partial charge in [0.25, 0.3) is 0 Å². The lowest BCUT2D eigenvalue weighted by atomic mass is 10.1. The average Bonchev–Trinajstić information content (AvgIpc) is 2.78. The Hall–Kier alpha value is -1.66. The zero-order valence-corrected chi connectivity index (χ0v) is 21.1. The fourth-order valence-corrected chi connectivity index (χ4v) is 3.53. The van der Waals surface area contributed by atoms with E-state index in [1.165, 1.54) is 38.5 Å². The van der Waals surface area contributed by atoms with Crippen molar-refractivity contribution in [3.05, 3.63) is 24.3 Å². The van der Waals surface area contributed by atoms with Gasteiger partial charge >= 0.3 is 0 Å². The number of hydrogen-bond acceptors (Lipinski definition) is 4. The molecule has 0 fully saturated rings. The monoisotopic (exact) mass is 451 g/mol. The predicted molar refractivity (Wildman–Crippen MR) is 135 cm³/mol. The van der Waals surface area contributed by atoms with E-state index in [0.29, 0.717) is 32.5 Å². The quantitative estimate of drug-likeness (QED) is 0.190. The Kier molecular flexibility index (Phi) is 20.1. The number of aliphatic hydroxyl groups is 1. The third kappa shape index (κ3) is 17.0. The van der Waals surface area contributed by atoms with Gasteiger partial charge in [-0.2, -0.15) is 0 Å². The van der Waals surface area contributed by atoms with Crippen LogP contribution < -0.4 is 10.6 Å². The van der Waals surface area contributed by atoms with Gasteiger partial charge in [-0.25, -0.2) is 0 Å². The van der Waals surface area contributed by atoms with Crippen LogP contribution in [0.3, 0.4) is 0 Å². The van der Waals surface area contributed by atoms with E-state index >= 15 is 0 Å². The molecule has 0 rings (SSSR count). The van der Waals surface area contributed by atoms with E-state index in [9.17, 15) is 14.7 Å². The first-order chi connectivity index (χ1) is 15.5. The number of rotatable bonds is 20. The molecule has 3 N–H and O–H groups in total. The summed E-state index contributed by atoms with van der Waals surface area (Å²) in [6.07, 6.45) is 18.1. The summed E-state index contributed by atoms with van der Waals surface area (Å²) in [5, 5.41) is 15.4. The molecular formula is C26H49N3O3. The van der Waals surface area contributed by atoms with E-state index in [4.69, 9.17) is 0 Å². The van der Waals surface area contributed by atoms with Gasteiger partial charge in [0.2, 0.25) is 11.8 Å². The molecule has 32 heavy (non-hydrogen) atoms. The molecule has 0 spiro atoms. The standard InChI is InChI=1S/C26H49N3O3/c1-5-7-9-11-13-15-17-25(31)27-21-23(3)29(19-20-30)24(4)22-28-26(32)18-16-14-12-10-8-6-2/h13-16,23-24,30H,5-12,17-22H2,1-4H3,(H,27,31)(H,28,32)/b15-13+,16-14+. The molecule has 0 aliphatic rings. The maximum absolute atomic E-state index is 12.1. The second kappa shape index (κ2) is 21.2. The van der Waals surface area contributed by atoms with Crippen LogP contribution in [0.25, 0.3) is 0 Å². The Balaban J connectivity index is 4.28. The van der Waals surface area contributed by atoms with Crippen molar-refractivity contribution in [2.24, 2.45) is 0 Å². The van der Waals surface area contributed by atoms with Gasteiger partial charge in [-0.15, -0.1) is 0 Å². The molecule has 0 radical (unpaired) electrons. The Labute approximate surface area is 196 Å². The molecule has 0 aromatic carbocycles. The molecule has 0 aliphatic carbocycles. The third-order valence-electron chi connectivity index (χ3n) is 5.57. The largest absolute Gasteiger partial charge is 0.395 e. The molecule has 0 aromatic heterocycles. The number of carbonyl (C=O) groups excluding carboxylic acids is 2. The van der Waals surface area contributed by atoms with E-state index in [2.05, 4.69) is 41.5 Å². The van der Waals surface area contributed by atoms with Gasteiger partial charge in [-0.3, -0.25) is 14.5 Å². The molecule has 2 unspecified atom stereocenters. The summed E-state index contributed by atoms with van der Waals surface area (Å²) in [5.41, 5.74) is 0. The van der Waals surface area contributed by atoms with Crippen LogP contribution in [0, 0.1) is 0 Å². The van der Waals surface area contributed by atoms with Crippen molar-refractivity contribution in [1.82, 2.24) is 15.5 Å². The Morgan fingerprint density at radius 1 is 0.781 bits per heavy atom. The highest BCUT2D eigenvalue weighted by Crippen LogP contribution is 2.06. The number of nitrogens with one attached hydrogen (secondary N) is 2. The maximum Gasteiger partial charge on any atom is 0.223 e. The van der Waals surface area contributed by atoms with Gasteiger partial charge in [0.15, 0.2) is 0 Å². The van der Waals surface area contributed by atoms with Crippen molar-refractivity contribution in [3.8, 4) is 0 Å². The Bertz CT molecular complexity index is 490. The first kappa shape index (κ1) is 30.3. The SMILES string of the molecule is CCCCC/C=C/CC(=O)NCC(C)N(CCO)C(C)CNC(=O)C/C=C/CCCCC. The highest BCUT2D eigenvalue weighted by atomic mass is 16.3. The number of aliphatic hydroxyl groups excluding tert-OH is 1. The molecule has 186 valence electrons. The summed E-state index contributed by atoms with van der Waals surface area (Å²) in [6, 6.07) is 0.120. The van der Waals surface area contributed by atoms with Crippen LogP contribution in [-0.4, -0.2) is 60.1 Å². The van der Waals surface area contributed by atoms with Crippen LogP contribution in [0.5, 0.6) is 0 Å². The number of hydrogen-bond donors (Lipinski definition) is 3. The number of nitrogens with zero attached hydrogens (tertiary/aromatic N) is 1. The molecule has 0 saturated carbocycles. The minimum atomic E-state index is 0.0132. The summed E-state index contributed by atoms with van der Waals surface area (Å²) in [5.74, 6) is 0.0263. The lowest BCUT2D eigenvalue weighted by molar-refractivity contribution is -0.121. The van der Waals surface area contributed by atoms with Crippen LogP contribution in [0.1, 0.15) is 91.9 Å².